The molecule has 0 radical (unpaired) electrons. The Morgan fingerprint density at radius 3 is 2.42 bits per heavy atom. The molecule has 5 nitrogen and oxygen atoms in total. The average molecular weight is 528 g/mol. The fourth-order valence-corrected chi connectivity index (χ4v) is 7.10. The molecule has 2 aliphatic rings. The van der Waals surface area contributed by atoms with Gasteiger partial charge >= 0.3 is 0 Å². The summed E-state index contributed by atoms with van der Waals surface area (Å²) in [5.74, 6) is 0. The number of aryl methyl sites for hydroxylation is 3. The first-order chi connectivity index (χ1) is 19.5. The standard InChI is InChI=1S/C35H37N5/c1-23-6-4-18-36-32(23)26-9-11-27(12-10-26)33-31-21-30(22-37-34(31)39-38-33)28-13-8-25-14-16-35(3,17-15-29(25)20-28)40-19-5-7-24(40)2/h4,6,8-13,18,20-22,24H,5,7,14-17,19H2,1-3H3,(H,37,38,39)/t24-,35+/m1/s1. The van der Waals surface area contributed by atoms with Gasteiger partial charge in [-0.25, -0.2) is 4.98 Å². The first kappa shape index (κ1) is 25.2. The lowest BCUT2D eigenvalue weighted by Gasteiger charge is -2.41. The van der Waals surface area contributed by atoms with Crippen molar-refractivity contribution < 1.29 is 0 Å². The molecule has 4 heterocycles. The number of rotatable bonds is 4. The van der Waals surface area contributed by atoms with Gasteiger partial charge in [-0.1, -0.05) is 48.5 Å². The minimum Gasteiger partial charge on any atom is -0.295 e. The molecule has 0 spiro atoms. The lowest BCUT2D eigenvalue weighted by molar-refractivity contribution is 0.0821. The summed E-state index contributed by atoms with van der Waals surface area (Å²) in [5, 5.41) is 8.80. The van der Waals surface area contributed by atoms with Gasteiger partial charge in [0.1, 0.15) is 0 Å². The van der Waals surface area contributed by atoms with Crippen LogP contribution in [0.3, 0.4) is 0 Å². The van der Waals surface area contributed by atoms with Crippen LogP contribution in [0.5, 0.6) is 0 Å². The number of hydrogen-bond donors (Lipinski definition) is 1. The molecular formula is C35H37N5. The number of aromatic amines is 1. The number of aromatic nitrogens is 4. The molecule has 2 atom stereocenters. The van der Waals surface area contributed by atoms with Crippen LogP contribution in [0.25, 0.3) is 44.7 Å². The smallest absolute Gasteiger partial charge is 0.181 e. The van der Waals surface area contributed by atoms with Gasteiger partial charge in [-0.15, -0.1) is 0 Å². The summed E-state index contributed by atoms with van der Waals surface area (Å²) in [6, 6.07) is 22.6. The number of H-pyrrole nitrogens is 1. The minimum atomic E-state index is 0.298. The number of hydrogen-bond acceptors (Lipinski definition) is 4. The monoisotopic (exact) mass is 527 g/mol. The second-order valence-corrected chi connectivity index (χ2v) is 12.1. The number of benzene rings is 2. The summed E-state index contributed by atoms with van der Waals surface area (Å²) >= 11 is 0. The topological polar surface area (TPSA) is 57.7 Å². The number of fused-ring (bicyclic) bond motifs is 2. The van der Waals surface area contributed by atoms with Gasteiger partial charge in [0.25, 0.3) is 0 Å². The van der Waals surface area contributed by atoms with Crippen molar-refractivity contribution in [3.05, 3.63) is 89.7 Å². The van der Waals surface area contributed by atoms with Crippen LogP contribution in [0, 0.1) is 6.92 Å². The lowest BCUT2D eigenvalue weighted by Crippen LogP contribution is -2.48. The maximum atomic E-state index is 4.74. The molecule has 1 saturated heterocycles. The molecule has 1 fully saturated rings. The molecule has 0 bridgehead atoms. The molecule has 5 aromatic rings. The van der Waals surface area contributed by atoms with Crippen molar-refractivity contribution in [2.75, 3.05) is 6.54 Å². The third-order valence-electron chi connectivity index (χ3n) is 9.52. The van der Waals surface area contributed by atoms with Crippen LogP contribution in [-0.4, -0.2) is 43.2 Å². The van der Waals surface area contributed by atoms with Crippen LogP contribution in [0.4, 0.5) is 0 Å². The Kier molecular flexibility index (Phi) is 6.27. The zero-order valence-corrected chi connectivity index (χ0v) is 23.7. The number of nitrogens with zero attached hydrogens (tertiary/aromatic N) is 4. The highest BCUT2D eigenvalue weighted by atomic mass is 15.2. The molecule has 5 heteroatoms. The van der Waals surface area contributed by atoms with Crippen molar-refractivity contribution in [3.8, 4) is 33.6 Å². The largest absolute Gasteiger partial charge is 0.295 e. The molecule has 2 aromatic carbocycles. The van der Waals surface area contributed by atoms with Crippen molar-refractivity contribution in [2.24, 2.45) is 0 Å². The Labute approximate surface area is 236 Å². The zero-order chi connectivity index (χ0) is 27.3. The molecule has 3 aromatic heterocycles. The molecule has 202 valence electrons. The number of nitrogens with one attached hydrogen (secondary N) is 1. The molecule has 40 heavy (non-hydrogen) atoms. The van der Waals surface area contributed by atoms with E-state index in [0.29, 0.717) is 11.6 Å². The highest BCUT2D eigenvalue weighted by Crippen LogP contribution is 2.38. The van der Waals surface area contributed by atoms with Gasteiger partial charge in [-0.3, -0.25) is 15.0 Å². The highest BCUT2D eigenvalue weighted by molar-refractivity contribution is 5.93. The summed E-state index contributed by atoms with van der Waals surface area (Å²) in [7, 11) is 0. The van der Waals surface area contributed by atoms with Crippen LogP contribution in [0.2, 0.25) is 0 Å². The molecule has 1 aliphatic carbocycles. The van der Waals surface area contributed by atoms with Crippen molar-refractivity contribution in [3.63, 3.8) is 0 Å². The van der Waals surface area contributed by atoms with E-state index in [2.05, 4.69) is 95.4 Å². The van der Waals surface area contributed by atoms with E-state index in [1.54, 1.807) is 0 Å². The first-order valence-electron chi connectivity index (χ1n) is 14.7. The van der Waals surface area contributed by atoms with Gasteiger partial charge in [-0.2, -0.15) is 5.10 Å². The maximum absolute atomic E-state index is 4.74. The number of likely N-dealkylation sites (tertiary alicyclic amines) is 1. The predicted octanol–water partition coefficient (Wildman–Crippen LogP) is 7.78. The van der Waals surface area contributed by atoms with E-state index in [9.17, 15) is 0 Å². The highest BCUT2D eigenvalue weighted by Gasteiger charge is 2.38. The minimum absolute atomic E-state index is 0.298. The van der Waals surface area contributed by atoms with Gasteiger partial charge in [-0.05, 0) is 100 Å². The quantitative estimate of drug-likeness (QED) is 0.242. The predicted molar refractivity (Wildman–Crippen MR) is 163 cm³/mol. The molecule has 1 N–H and O–H groups in total. The van der Waals surface area contributed by atoms with Crippen molar-refractivity contribution in [1.29, 1.82) is 0 Å². The van der Waals surface area contributed by atoms with Crippen LogP contribution in [0.15, 0.2) is 73.1 Å². The summed E-state index contributed by atoms with van der Waals surface area (Å²) in [4.78, 5) is 12.1. The van der Waals surface area contributed by atoms with Gasteiger partial charge < -0.3 is 0 Å². The molecule has 7 rings (SSSR count). The fourth-order valence-electron chi connectivity index (χ4n) is 7.10. The molecule has 0 unspecified atom stereocenters. The van der Waals surface area contributed by atoms with Crippen LogP contribution < -0.4 is 0 Å². The maximum Gasteiger partial charge on any atom is 0.181 e. The Balaban J connectivity index is 1.17. The number of pyridine rings is 2. The fraction of sp³-hybridized carbons (Fsp3) is 0.343. The van der Waals surface area contributed by atoms with Crippen molar-refractivity contribution in [2.45, 2.75) is 70.9 Å². The second-order valence-electron chi connectivity index (χ2n) is 12.1. The van der Waals surface area contributed by atoms with E-state index in [1.807, 2.05) is 18.5 Å². The van der Waals surface area contributed by atoms with E-state index in [-0.39, 0.29) is 0 Å². The Bertz CT molecular complexity index is 1680. The van der Waals surface area contributed by atoms with Crippen LogP contribution in [0.1, 0.15) is 56.2 Å². The van der Waals surface area contributed by atoms with Crippen molar-refractivity contribution >= 4 is 11.0 Å². The van der Waals surface area contributed by atoms with Crippen LogP contribution in [-0.2, 0) is 12.8 Å². The third kappa shape index (κ3) is 4.43. The summed E-state index contributed by atoms with van der Waals surface area (Å²) in [5.41, 5.74) is 11.8. The first-order valence-corrected chi connectivity index (χ1v) is 14.7. The van der Waals surface area contributed by atoms with Crippen molar-refractivity contribution in [1.82, 2.24) is 25.1 Å². The van der Waals surface area contributed by atoms with E-state index in [0.717, 1.165) is 52.0 Å². The summed E-state index contributed by atoms with van der Waals surface area (Å²) < 4.78 is 0. The lowest BCUT2D eigenvalue weighted by atomic mass is 9.89. The van der Waals surface area contributed by atoms with E-state index >= 15 is 0 Å². The SMILES string of the molecule is Cc1cccnc1-c1ccc(-c2[nH]nc3ncc(-c4ccc5c(c4)CC[C@@](C)(N4CCC[C@H]4C)CC5)cc23)cc1. The van der Waals surface area contributed by atoms with E-state index in [1.165, 1.54) is 54.5 Å². The molecule has 0 amide bonds. The normalized spacial score (nSPS) is 21.4. The van der Waals surface area contributed by atoms with Gasteiger partial charge in [0, 0.05) is 46.1 Å². The van der Waals surface area contributed by atoms with Gasteiger partial charge in [0.05, 0.1) is 11.4 Å². The zero-order valence-electron chi connectivity index (χ0n) is 23.7. The molecule has 1 aliphatic heterocycles. The average Bonchev–Trinajstić information content (AvgIpc) is 3.57. The second kappa shape index (κ2) is 9.97. The van der Waals surface area contributed by atoms with E-state index < -0.39 is 0 Å². The van der Waals surface area contributed by atoms with E-state index in [4.69, 9.17) is 4.98 Å². The summed E-state index contributed by atoms with van der Waals surface area (Å²) in [6.07, 6.45) is 11.3. The van der Waals surface area contributed by atoms with Gasteiger partial charge in [0.2, 0.25) is 0 Å². The molecule has 0 saturated carbocycles. The summed E-state index contributed by atoms with van der Waals surface area (Å²) in [6.45, 7) is 8.27. The molecular weight excluding hydrogens is 490 g/mol. The Morgan fingerprint density at radius 1 is 0.875 bits per heavy atom. The van der Waals surface area contributed by atoms with Gasteiger partial charge in [0.15, 0.2) is 5.65 Å². The van der Waals surface area contributed by atoms with Crippen LogP contribution >= 0.6 is 0 Å². The Hall–Kier alpha value is -3.83. The Morgan fingerprint density at radius 2 is 1.65 bits per heavy atom. The third-order valence-corrected chi connectivity index (χ3v) is 9.52.